The first-order chi connectivity index (χ1) is 7.70. The molecule has 88 valence electrons. The van der Waals surface area contributed by atoms with Gasteiger partial charge in [-0.05, 0) is 37.3 Å². The van der Waals surface area contributed by atoms with Crippen LogP contribution in [0.2, 0.25) is 5.15 Å². The van der Waals surface area contributed by atoms with E-state index in [0.717, 1.165) is 17.2 Å². The molecule has 2 nitrogen and oxygen atoms in total. The second-order valence-electron chi connectivity index (χ2n) is 4.70. The summed E-state index contributed by atoms with van der Waals surface area (Å²) in [6.07, 6.45) is 6.97. The van der Waals surface area contributed by atoms with Gasteiger partial charge in [0, 0.05) is 12.2 Å². The maximum absolute atomic E-state index is 6.09. The van der Waals surface area contributed by atoms with Gasteiger partial charge in [-0.1, -0.05) is 31.4 Å². The molecule has 0 spiro atoms. The van der Waals surface area contributed by atoms with Crippen LogP contribution in [0.4, 0.5) is 5.69 Å². The van der Waals surface area contributed by atoms with Crippen molar-refractivity contribution < 1.29 is 0 Å². The molecule has 2 unspecified atom stereocenters. The number of aromatic nitrogens is 1. The van der Waals surface area contributed by atoms with Gasteiger partial charge in [0.1, 0.15) is 0 Å². The van der Waals surface area contributed by atoms with Crippen molar-refractivity contribution in [1.82, 2.24) is 4.98 Å². The average molecular weight is 239 g/mol. The summed E-state index contributed by atoms with van der Waals surface area (Å²) in [6.45, 7) is 4.31. The van der Waals surface area contributed by atoms with Crippen LogP contribution in [0.3, 0.4) is 0 Å². The van der Waals surface area contributed by atoms with Gasteiger partial charge in [0.2, 0.25) is 0 Å². The largest absolute Gasteiger partial charge is 0.380 e. The van der Waals surface area contributed by atoms with Gasteiger partial charge >= 0.3 is 0 Å². The molecule has 3 heteroatoms. The smallest absolute Gasteiger partial charge is 0.152 e. The minimum absolute atomic E-state index is 0.575. The predicted octanol–water partition coefficient (Wildman–Crippen LogP) is 4.03. The van der Waals surface area contributed by atoms with E-state index >= 15 is 0 Å². The normalized spacial score (nSPS) is 24.7. The molecule has 1 N–H and O–H groups in total. The van der Waals surface area contributed by atoms with Gasteiger partial charge in [-0.2, -0.15) is 0 Å². The van der Waals surface area contributed by atoms with E-state index in [0.29, 0.717) is 11.2 Å². The molecule has 1 fully saturated rings. The average Bonchev–Trinajstić information content (AvgIpc) is 2.71. The van der Waals surface area contributed by atoms with Crippen molar-refractivity contribution in [3.63, 3.8) is 0 Å². The van der Waals surface area contributed by atoms with Crippen molar-refractivity contribution in [2.45, 2.75) is 45.6 Å². The van der Waals surface area contributed by atoms with Crippen LogP contribution in [0.25, 0.3) is 0 Å². The lowest BCUT2D eigenvalue weighted by atomic mass is 10.0. The fourth-order valence-electron chi connectivity index (χ4n) is 2.57. The Labute approximate surface area is 102 Å². The van der Waals surface area contributed by atoms with Crippen molar-refractivity contribution in [2.24, 2.45) is 5.92 Å². The molecule has 0 aromatic carbocycles. The third-order valence-electron chi connectivity index (χ3n) is 3.50. The first-order valence-electron chi connectivity index (χ1n) is 6.09. The molecule has 1 aromatic rings. The lowest BCUT2D eigenvalue weighted by Crippen LogP contribution is -2.23. The summed E-state index contributed by atoms with van der Waals surface area (Å²) in [4.78, 5) is 4.17. The quantitative estimate of drug-likeness (QED) is 0.805. The standard InChI is InChI=1S/C13H19ClN2/c1-3-10-5-4-6-11(10)16-12-7-9(2)8-15-13(12)14/h7-8,10-11,16H,3-6H2,1-2H3. The molecule has 2 atom stereocenters. The van der Waals surface area contributed by atoms with E-state index in [1.54, 1.807) is 6.20 Å². The first kappa shape index (κ1) is 11.7. The molecular weight excluding hydrogens is 220 g/mol. The number of pyridine rings is 1. The van der Waals surface area contributed by atoms with Crippen molar-refractivity contribution in [3.8, 4) is 0 Å². The summed E-state index contributed by atoms with van der Waals surface area (Å²) in [5.74, 6) is 0.788. The lowest BCUT2D eigenvalue weighted by molar-refractivity contribution is 0.489. The molecular formula is C13H19ClN2. The van der Waals surface area contributed by atoms with Gasteiger partial charge in [-0.25, -0.2) is 4.98 Å². The fraction of sp³-hybridized carbons (Fsp3) is 0.615. The molecule has 1 heterocycles. The molecule has 1 saturated carbocycles. The molecule has 0 amide bonds. The number of nitrogens with zero attached hydrogens (tertiary/aromatic N) is 1. The SMILES string of the molecule is CCC1CCCC1Nc1cc(C)cnc1Cl. The number of hydrogen-bond donors (Lipinski definition) is 1. The van der Waals surface area contributed by atoms with E-state index in [-0.39, 0.29) is 0 Å². The molecule has 1 aliphatic rings. The Balaban J connectivity index is 2.11. The lowest BCUT2D eigenvalue weighted by Gasteiger charge is -2.21. The van der Waals surface area contributed by atoms with Gasteiger partial charge in [-0.3, -0.25) is 0 Å². The zero-order valence-electron chi connectivity index (χ0n) is 9.96. The van der Waals surface area contributed by atoms with Gasteiger partial charge in [0.25, 0.3) is 0 Å². The summed E-state index contributed by atoms with van der Waals surface area (Å²) >= 11 is 6.09. The Morgan fingerprint density at radius 1 is 1.50 bits per heavy atom. The number of rotatable bonds is 3. The highest BCUT2D eigenvalue weighted by Crippen LogP contribution is 2.32. The number of hydrogen-bond acceptors (Lipinski definition) is 2. The summed E-state index contributed by atoms with van der Waals surface area (Å²) in [7, 11) is 0. The monoisotopic (exact) mass is 238 g/mol. The third kappa shape index (κ3) is 2.49. The molecule has 2 rings (SSSR count). The Morgan fingerprint density at radius 2 is 2.31 bits per heavy atom. The van der Waals surface area contributed by atoms with Crippen LogP contribution in [0, 0.1) is 12.8 Å². The Morgan fingerprint density at radius 3 is 3.06 bits per heavy atom. The number of halogens is 1. The maximum atomic E-state index is 6.09. The number of nitrogens with one attached hydrogen (secondary N) is 1. The van der Waals surface area contributed by atoms with Crippen LogP contribution in [-0.2, 0) is 0 Å². The Bertz CT molecular complexity index is 365. The number of anilines is 1. The van der Waals surface area contributed by atoms with Crippen LogP contribution in [0.1, 0.15) is 38.2 Å². The first-order valence-corrected chi connectivity index (χ1v) is 6.47. The topological polar surface area (TPSA) is 24.9 Å². The van der Waals surface area contributed by atoms with Crippen LogP contribution < -0.4 is 5.32 Å². The van der Waals surface area contributed by atoms with E-state index in [4.69, 9.17) is 11.6 Å². The van der Waals surface area contributed by atoms with E-state index < -0.39 is 0 Å². The summed E-state index contributed by atoms with van der Waals surface area (Å²) < 4.78 is 0. The van der Waals surface area contributed by atoms with Gasteiger partial charge in [0.05, 0.1) is 5.69 Å². The van der Waals surface area contributed by atoms with Gasteiger partial charge < -0.3 is 5.32 Å². The van der Waals surface area contributed by atoms with Crippen LogP contribution >= 0.6 is 11.6 Å². The molecule has 1 aliphatic carbocycles. The highest BCUT2D eigenvalue weighted by Gasteiger charge is 2.25. The van der Waals surface area contributed by atoms with Gasteiger partial charge in [-0.15, -0.1) is 0 Å². The van der Waals surface area contributed by atoms with Crippen LogP contribution in [-0.4, -0.2) is 11.0 Å². The van der Waals surface area contributed by atoms with Crippen LogP contribution in [0.15, 0.2) is 12.3 Å². The van der Waals surface area contributed by atoms with Crippen molar-refractivity contribution in [2.75, 3.05) is 5.32 Å². The van der Waals surface area contributed by atoms with Gasteiger partial charge in [0.15, 0.2) is 5.15 Å². The minimum atomic E-state index is 0.575. The second kappa shape index (κ2) is 5.05. The summed E-state index contributed by atoms with van der Waals surface area (Å²) in [5, 5.41) is 4.15. The van der Waals surface area contributed by atoms with Crippen LogP contribution in [0.5, 0.6) is 0 Å². The zero-order chi connectivity index (χ0) is 11.5. The van der Waals surface area contributed by atoms with Crippen molar-refractivity contribution in [3.05, 3.63) is 23.0 Å². The van der Waals surface area contributed by atoms with E-state index in [2.05, 4.69) is 23.3 Å². The summed E-state index contributed by atoms with van der Waals surface area (Å²) in [6, 6.07) is 2.66. The van der Waals surface area contributed by atoms with E-state index in [1.807, 2.05) is 6.92 Å². The molecule has 0 aliphatic heterocycles. The van der Waals surface area contributed by atoms with E-state index in [1.165, 1.54) is 25.7 Å². The molecule has 16 heavy (non-hydrogen) atoms. The van der Waals surface area contributed by atoms with Crippen molar-refractivity contribution >= 4 is 17.3 Å². The Hall–Kier alpha value is -0.760. The molecule has 0 saturated heterocycles. The molecule has 0 bridgehead atoms. The van der Waals surface area contributed by atoms with E-state index in [9.17, 15) is 0 Å². The Kier molecular flexibility index (Phi) is 3.70. The summed E-state index contributed by atoms with van der Waals surface area (Å²) in [5.41, 5.74) is 2.14. The number of aryl methyl sites for hydroxylation is 1. The maximum Gasteiger partial charge on any atom is 0.152 e. The van der Waals surface area contributed by atoms with Crippen molar-refractivity contribution in [1.29, 1.82) is 0 Å². The third-order valence-corrected chi connectivity index (χ3v) is 3.80. The minimum Gasteiger partial charge on any atom is -0.380 e. The second-order valence-corrected chi connectivity index (χ2v) is 5.06. The fourth-order valence-corrected chi connectivity index (χ4v) is 2.73. The highest BCUT2D eigenvalue weighted by molar-refractivity contribution is 6.31. The zero-order valence-corrected chi connectivity index (χ0v) is 10.7. The molecule has 1 aromatic heterocycles. The molecule has 0 radical (unpaired) electrons. The predicted molar refractivity (Wildman–Crippen MR) is 69.0 cm³/mol. The highest BCUT2D eigenvalue weighted by atomic mass is 35.5.